The fraction of sp³-hybridized carbons (Fsp3) is 0.450. The number of allylic oxidation sites excluding steroid dienone is 9. The van der Waals surface area contributed by atoms with Gasteiger partial charge in [-0.15, -0.1) is 6.58 Å². The van der Waals surface area contributed by atoms with Crippen molar-refractivity contribution >= 4 is 0 Å². The monoisotopic (exact) mass is 528 g/mol. The topological polar surface area (TPSA) is 0 Å². The minimum Gasteiger partial charge on any atom is -0.103 e. The van der Waals surface area contributed by atoms with Gasteiger partial charge >= 0.3 is 0 Å². The molecule has 2 aromatic rings. The summed E-state index contributed by atoms with van der Waals surface area (Å²) in [6.07, 6.45) is 23.9. The molecule has 40 heavy (non-hydrogen) atoms. The summed E-state index contributed by atoms with van der Waals surface area (Å²) in [6.45, 7) is 13.5. The number of hydrogen-bond acceptors (Lipinski definition) is 0. The molecule has 4 aliphatic rings. The van der Waals surface area contributed by atoms with Gasteiger partial charge in [0.2, 0.25) is 0 Å². The van der Waals surface area contributed by atoms with Crippen LogP contribution in [-0.4, -0.2) is 0 Å². The highest BCUT2D eigenvalue weighted by Gasteiger charge is 2.60. The number of benzene rings is 2. The fourth-order valence-corrected chi connectivity index (χ4v) is 9.23. The number of fused-ring (bicyclic) bond motifs is 3. The molecule has 6 rings (SSSR count). The maximum Gasteiger partial charge on any atom is 0.0270 e. The molecule has 0 spiro atoms. The summed E-state index contributed by atoms with van der Waals surface area (Å²) in [7, 11) is 0. The summed E-state index contributed by atoms with van der Waals surface area (Å²) in [6, 6.07) is 23.4. The molecule has 4 aliphatic carbocycles. The van der Waals surface area contributed by atoms with E-state index in [0.717, 1.165) is 12.3 Å². The summed E-state index contributed by atoms with van der Waals surface area (Å²) in [5, 5.41) is 0. The summed E-state index contributed by atoms with van der Waals surface area (Å²) in [5.41, 5.74) is 6.10. The second kappa shape index (κ2) is 10.8. The van der Waals surface area contributed by atoms with Gasteiger partial charge < -0.3 is 0 Å². The standard InChI is InChI=1S/C40H48/c1-6-7-14-29-20-21-33(26-29)40(30-15-10-8-11-16-30,31-17-12-9-13-18-31)38-36-25-28(2)19-23-34(36)35-24-22-32(27-37(35)38)39(3,4)5/h6,8-13,15-19,22-25,27,29,33-38H,1,7,14,20-21,26H2,2-5H3. The van der Waals surface area contributed by atoms with Crippen LogP contribution in [0.3, 0.4) is 0 Å². The normalized spacial score (nSPS) is 31.4. The molecule has 0 nitrogen and oxygen atoms in total. The van der Waals surface area contributed by atoms with E-state index in [9.17, 15) is 0 Å². The van der Waals surface area contributed by atoms with E-state index >= 15 is 0 Å². The molecule has 0 aliphatic heterocycles. The van der Waals surface area contributed by atoms with Crippen LogP contribution in [0.15, 0.2) is 121 Å². The third-order valence-corrected chi connectivity index (χ3v) is 10.9. The zero-order valence-electron chi connectivity index (χ0n) is 25.1. The predicted octanol–water partition coefficient (Wildman–Crippen LogP) is 10.5. The molecule has 2 aromatic carbocycles. The lowest BCUT2D eigenvalue weighted by Crippen LogP contribution is -2.47. The van der Waals surface area contributed by atoms with Crippen molar-refractivity contribution in [3.63, 3.8) is 0 Å². The largest absolute Gasteiger partial charge is 0.103 e. The Morgan fingerprint density at radius 1 is 0.775 bits per heavy atom. The lowest BCUT2D eigenvalue weighted by Gasteiger charge is -2.50. The van der Waals surface area contributed by atoms with Crippen molar-refractivity contribution in [3.8, 4) is 0 Å². The van der Waals surface area contributed by atoms with Gasteiger partial charge in [0.25, 0.3) is 0 Å². The second-order valence-corrected chi connectivity index (χ2v) is 14.2. The van der Waals surface area contributed by atoms with Gasteiger partial charge in [0, 0.05) is 5.41 Å². The van der Waals surface area contributed by atoms with Crippen molar-refractivity contribution in [2.24, 2.45) is 46.8 Å². The molecule has 0 radical (unpaired) electrons. The molecule has 0 heterocycles. The van der Waals surface area contributed by atoms with Gasteiger partial charge in [0.15, 0.2) is 0 Å². The van der Waals surface area contributed by atoms with Crippen LogP contribution in [-0.2, 0) is 5.41 Å². The maximum atomic E-state index is 4.05. The van der Waals surface area contributed by atoms with Crippen LogP contribution in [0.5, 0.6) is 0 Å². The van der Waals surface area contributed by atoms with Crippen molar-refractivity contribution in [1.29, 1.82) is 0 Å². The molecule has 0 bridgehead atoms. The molecule has 2 saturated carbocycles. The average Bonchev–Trinajstić information content (AvgIpc) is 3.56. The predicted molar refractivity (Wildman–Crippen MR) is 171 cm³/mol. The number of rotatable bonds is 7. The third-order valence-electron chi connectivity index (χ3n) is 10.9. The van der Waals surface area contributed by atoms with Crippen LogP contribution in [0.2, 0.25) is 0 Å². The Bertz CT molecular complexity index is 1270. The minimum absolute atomic E-state index is 0.0413. The van der Waals surface area contributed by atoms with Crippen molar-refractivity contribution in [1.82, 2.24) is 0 Å². The molecule has 208 valence electrons. The molecule has 0 N–H and O–H groups in total. The Morgan fingerprint density at radius 2 is 1.38 bits per heavy atom. The average molecular weight is 529 g/mol. The third kappa shape index (κ3) is 4.62. The smallest absolute Gasteiger partial charge is 0.0270 e. The van der Waals surface area contributed by atoms with Crippen LogP contribution < -0.4 is 0 Å². The Labute approximate surface area is 243 Å². The maximum absolute atomic E-state index is 4.05. The minimum atomic E-state index is -0.0413. The highest BCUT2D eigenvalue weighted by atomic mass is 14.6. The lowest BCUT2D eigenvalue weighted by molar-refractivity contribution is 0.154. The molecule has 2 fully saturated rings. The molecule has 0 saturated heterocycles. The quantitative estimate of drug-likeness (QED) is 0.314. The van der Waals surface area contributed by atoms with Crippen LogP contribution in [0.1, 0.15) is 70.9 Å². The second-order valence-electron chi connectivity index (χ2n) is 14.2. The van der Waals surface area contributed by atoms with Gasteiger partial charge in [-0.1, -0.05) is 136 Å². The zero-order valence-corrected chi connectivity index (χ0v) is 25.1. The lowest BCUT2D eigenvalue weighted by atomic mass is 9.53. The van der Waals surface area contributed by atoms with E-state index in [4.69, 9.17) is 0 Å². The van der Waals surface area contributed by atoms with Crippen molar-refractivity contribution in [3.05, 3.63) is 132 Å². The number of hydrogen-bond donors (Lipinski definition) is 0. The van der Waals surface area contributed by atoms with E-state index in [0.29, 0.717) is 35.5 Å². The molecular weight excluding hydrogens is 480 g/mol. The van der Waals surface area contributed by atoms with Gasteiger partial charge in [-0.2, -0.15) is 0 Å². The molecule has 7 atom stereocenters. The van der Waals surface area contributed by atoms with Gasteiger partial charge in [-0.3, -0.25) is 0 Å². The van der Waals surface area contributed by atoms with Crippen molar-refractivity contribution in [2.45, 2.75) is 65.2 Å². The van der Waals surface area contributed by atoms with Crippen molar-refractivity contribution in [2.75, 3.05) is 0 Å². The van der Waals surface area contributed by atoms with Gasteiger partial charge in [-0.05, 0) is 96.1 Å². The molecule has 7 unspecified atom stereocenters. The molecule has 0 amide bonds. The van der Waals surface area contributed by atoms with Crippen LogP contribution in [0, 0.1) is 46.8 Å². The molecular formula is C40H48. The Morgan fingerprint density at radius 3 is 1.98 bits per heavy atom. The summed E-state index contributed by atoms with van der Waals surface area (Å²) >= 11 is 0. The van der Waals surface area contributed by atoms with Crippen LogP contribution >= 0.6 is 0 Å². The first-order valence-corrected chi connectivity index (χ1v) is 15.8. The summed E-state index contributed by atoms with van der Waals surface area (Å²) < 4.78 is 0. The van der Waals surface area contributed by atoms with Crippen LogP contribution in [0.25, 0.3) is 0 Å². The van der Waals surface area contributed by atoms with Gasteiger partial charge in [0.1, 0.15) is 0 Å². The Hall–Kier alpha value is -2.86. The Balaban J connectivity index is 1.60. The van der Waals surface area contributed by atoms with Gasteiger partial charge in [0.05, 0.1) is 0 Å². The highest BCUT2D eigenvalue weighted by Crippen LogP contribution is 2.65. The SMILES string of the molecule is C=CCCC1CCC(C(c2ccccc2)(c2ccccc2)C2C3C=C(C)C=CC3C3C=CC(C(C)(C)C)=CC32)C1. The van der Waals surface area contributed by atoms with E-state index < -0.39 is 0 Å². The first-order chi connectivity index (χ1) is 19.3. The van der Waals surface area contributed by atoms with Crippen LogP contribution in [0.4, 0.5) is 0 Å². The molecule has 0 heteroatoms. The summed E-state index contributed by atoms with van der Waals surface area (Å²) in [5.74, 6) is 4.04. The van der Waals surface area contributed by atoms with E-state index in [1.54, 1.807) is 0 Å². The van der Waals surface area contributed by atoms with E-state index in [1.807, 2.05) is 0 Å². The summed E-state index contributed by atoms with van der Waals surface area (Å²) in [4.78, 5) is 0. The zero-order chi connectivity index (χ0) is 27.9. The van der Waals surface area contributed by atoms with Gasteiger partial charge in [-0.25, -0.2) is 0 Å². The first kappa shape index (κ1) is 27.3. The van der Waals surface area contributed by atoms with E-state index in [-0.39, 0.29) is 10.8 Å². The highest BCUT2D eigenvalue weighted by molar-refractivity contribution is 5.47. The molecule has 0 aromatic heterocycles. The first-order valence-electron chi connectivity index (χ1n) is 15.8. The van der Waals surface area contributed by atoms with E-state index in [1.165, 1.54) is 48.0 Å². The Kier molecular flexibility index (Phi) is 7.41. The van der Waals surface area contributed by atoms with E-state index in [2.05, 4.69) is 137 Å². The fourth-order valence-electron chi connectivity index (χ4n) is 9.23. The van der Waals surface area contributed by atoms with Crippen molar-refractivity contribution < 1.29 is 0 Å².